The molecule has 13 heavy (non-hydrogen) atoms. The van der Waals surface area contributed by atoms with E-state index in [1.165, 1.54) is 6.07 Å². The van der Waals surface area contributed by atoms with Gasteiger partial charge in [0.25, 0.3) is 0 Å². The third-order valence-corrected chi connectivity index (χ3v) is 2.46. The summed E-state index contributed by atoms with van der Waals surface area (Å²) in [5, 5.41) is 9.20. The number of hydrogen-bond donors (Lipinski definition) is 2. The first-order chi connectivity index (χ1) is 6.02. The van der Waals surface area contributed by atoms with Crippen LogP contribution in [0.3, 0.4) is 0 Å². The van der Waals surface area contributed by atoms with Crippen LogP contribution in [0.2, 0.25) is 0 Å². The SMILES string of the molecule is C[C@H](O)[C@@H](N)c1ccc(F)c(Br)c1. The molecule has 0 amide bonds. The fraction of sp³-hybridized carbons (Fsp3) is 0.333. The smallest absolute Gasteiger partial charge is 0.137 e. The summed E-state index contributed by atoms with van der Waals surface area (Å²) < 4.78 is 13.2. The van der Waals surface area contributed by atoms with Crippen LogP contribution in [0.5, 0.6) is 0 Å². The molecule has 72 valence electrons. The van der Waals surface area contributed by atoms with Crippen molar-refractivity contribution in [3.05, 3.63) is 34.1 Å². The van der Waals surface area contributed by atoms with E-state index in [-0.39, 0.29) is 5.82 Å². The van der Waals surface area contributed by atoms with E-state index in [2.05, 4.69) is 15.9 Å². The first-order valence-electron chi connectivity index (χ1n) is 3.91. The van der Waals surface area contributed by atoms with E-state index in [1.54, 1.807) is 19.1 Å². The average molecular weight is 248 g/mol. The average Bonchev–Trinajstić information content (AvgIpc) is 2.08. The Hall–Kier alpha value is -0.450. The maximum absolute atomic E-state index is 12.8. The summed E-state index contributed by atoms with van der Waals surface area (Å²) >= 11 is 3.05. The van der Waals surface area contributed by atoms with Crippen LogP contribution in [0, 0.1) is 5.82 Å². The van der Waals surface area contributed by atoms with Crippen molar-refractivity contribution in [3.8, 4) is 0 Å². The molecule has 4 heteroatoms. The van der Waals surface area contributed by atoms with Crippen molar-refractivity contribution in [1.82, 2.24) is 0 Å². The van der Waals surface area contributed by atoms with E-state index < -0.39 is 12.1 Å². The van der Waals surface area contributed by atoms with Crippen LogP contribution < -0.4 is 5.73 Å². The molecule has 0 aliphatic carbocycles. The lowest BCUT2D eigenvalue weighted by Crippen LogP contribution is -2.23. The molecular formula is C9H11BrFNO. The number of hydrogen-bond acceptors (Lipinski definition) is 2. The van der Waals surface area contributed by atoms with Crippen LogP contribution in [-0.2, 0) is 0 Å². The van der Waals surface area contributed by atoms with Gasteiger partial charge in [-0.1, -0.05) is 6.07 Å². The van der Waals surface area contributed by atoms with E-state index in [1.807, 2.05) is 0 Å². The molecule has 3 N–H and O–H groups in total. The fourth-order valence-electron chi connectivity index (χ4n) is 0.998. The Bertz CT molecular complexity index is 304. The van der Waals surface area contributed by atoms with Crippen LogP contribution >= 0.6 is 15.9 Å². The standard InChI is InChI=1S/C9H11BrFNO/c1-5(13)9(12)6-2-3-8(11)7(10)4-6/h2-5,9,13H,12H2,1H3/t5-,9+/m0/s1. The van der Waals surface area contributed by atoms with Gasteiger partial charge in [0.15, 0.2) is 0 Å². The fourth-order valence-corrected chi connectivity index (χ4v) is 1.39. The van der Waals surface area contributed by atoms with Gasteiger partial charge in [-0.2, -0.15) is 0 Å². The molecule has 1 aromatic carbocycles. The zero-order valence-corrected chi connectivity index (χ0v) is 8.75. The van der Waals surface area contributed by atoms with Crippen molar-refractivity contribution in [2.75, 3.05) is 0 Å². The van der Waals surface area contributed by atoms with E-state index in [0.29, 0.717) is 10.0 Å². The lowest BCUT2D eigenvalue weighted by molar-refractivity contribution is 0.164. The molecule has 1 rings (SSSR count). The monoisotopic (exact) mass is 247 g/mol. The second-order valence-electron chi connectivity index (χ2n) is 2.94. The van der Waals surface area contributed by atoms with E-state index in [9.17, 15) is 9.50 Å². The molecule has 0 unspecified atom stereocenters. The molecule has 2 nitrogen and oxygen atoms in total. The molecule has 0 saturated heterocycles. The van der Waals surface area contributed by atoms with Gasteiger partial charge in [0.1, 0.15) is 5.82 Å². The normalized spacial score (nSPS) is 15.5. The molecular weight excluding hydrogens is 237 g/mol. The molecule has 1 aromatic rings. The van der Waals surface area contributed by atoms with Gasteiger partial charge in [-0.15, -0.1) is 0 Å². The lowest BCUT2D eigenvalue weighted by atomic mass is 10.0. The van der Waals surface area contributed by atoms with Crippen molar-refractivity contribution in [2.45, 2.75) is 19.1 Å². The Labute approximate surface area is 84.7 Å². The predicted octanol–water partition coefficient (Wildman–Crippen LogP) is 1.97. The van der Waals surface area contributed by atoms with Crippen molar-refractivity contribution in [1.29, 1.82) is 0 Å². The maximum Gasteiger partial charge on any atom is 0.137 e. The van der Waals surface area contributed by atoms with Crippen molar-refractivity contribution in [2.24, 2.45) is 5.73 Å². The Morgan fingerprint density at radius 1 is 1.54 bits per heavy atom. The zero-order chi connectivity index (χ0) is 10.0. The van der Waals surface area contributed by atoms with Gasteiger partial charge in [0, 0.05) is 0 Å². The predicted molar refractivity (Wildman–Crippen MR) is 52.7 cm³/mol. The van der Waals surface area contributed by atoms with Gasteiger partial charge >= 0.3 is 0 Å². The number of halogens is 2. The Morgan fingerprint density at radius 3 is 2.62 bits per heavy atom. The van der Waals surface area contributed by atoms with Gasteiger partial charge in [-0.25, -0.2) is 4.39 Å². The highest BCUT2D eigenvalue weighted by atomic mass is 79.9. The first-order valence-corrected chi connectivity index (χ1v) is 4.70. The third-order valence-electron chi connectivity index (χ3n) is 1.85. The molecule has 0 aliphatic rings. The highest BCUT2D eigenvalue weighted by Gasteiger charge is 2.12. The minimum Gasteiger partial charge on any atom is -0.391 e. The van der Waals surface area contributed by atoms with Gasteiger partial charge < -0.3 is 10.8 Å². The number of aliphatic hydroxyl groups is 1. The first kappa shape index (κ1) is 10.6. The highest BCUT2D eigenvalue weighted by molar-refractivity contribution is 9.10. The summed E-state index contributed by atoms with van der Waals surface area (Å²) in [4.78, 5) is 0. The minimum absolute atomic E-state index is 0.332. The second-order valence-corrected chi connectivity index (χ2v) is 3.79. The molecule has 0 radical (unpaired) electrons. The van der Waals surface area contributed by atoms with E-state index >= 15 is 0 Å². The highest BCUT2D eigenvalue weighted by Crippen LogP contribution is 2.21. The molecule has 0 aromatic heterocycles. The van der Waals surface area contributed by atoms with E-state index in [0.717, 1.165) is 0 Å². The maximum atomic E-state index is 12.8. The van der Waals surface area contributed by atoms with Crippen LogP contribution in [0.25, 0.3) is 0 Å². The van der Waals surface area contributed by atoms with Crippen molar-refractivity contribution < 1.29 is 9.50 Å². The van der Waals surface area contributed by atoms with Gasteiger partial charge in [0.05, 0.1) is 16.6 Å². The zero-order valence-electron chi connectivity index (χ0n) is 7.17. The second kappa shape index (κ2) is 4.17. The van der Waals surface area contributed by atoms with Gasteiger partial charge in [0.2, 0.25) is 0 Å². The Morgan fingerprint density at radius 2 is 2.15 bits per heavy atom. The van der Waals surface area contributed by atoms with Crippen LogP contribution in [0.1, 0.15) is 18.5 Å². The van der Waals surface area contributed by atoms with Crippen LogP contribution in [0.15, 0.2) is 22.7 Å². The minimum atomic E-state index is -0.641. The van der Waals surface area contributed by atoms with Gasteiger partial charge in [-0.05, 0) is 40.5 Å². The van der Waals surface area contributed by atoms with Crippen LogP contribution in [0.4, 0.5) is 4.39 Å². The molecule has 0 heterocycles. The quantitative estimate of drug-likeness (QED) is 0.840. The molecule has 0 saturated carbocycles. The summed E-state index contributed by atoms with van der Waals surface area (Å²) in [6, 6.07) is 3.99. The Balaban J connectivity index is 2.97. The van der Waals surface area contributed by atoms with Gasteiger partial charge in [-0.3, -0.25) is 0 Å². The summed E-state index contributed by atoms with van der Waals surface area (Å²) in [5.41, 5.74) is 6.37. The largest absolute Gasteiger partial charge is 0.391 e. The topological polar surface area (TPSA) is 46.2 Å². The van der Waals surface area contributed by atoms with Crippen LogP contribution in [-0.4, -0.2) is 11.2 Å². The van der Waals surface area contributed by atoms with E-state index in [4.69, 9.17) is 5.73 Å². The molecule has 0 fully saturated rings. The van der Waals surface area contributed by atoms with Crippen molar-refractivity contribution in [3.63, 3.8) is 0 Å². The number of benzene rings is 1. The Kier molecular flexibility index (Phi) is 3.41. The summed E-state index contributed by atoms with van der Waals surface area (Å²) in [7, 11) is 0. The van der Waals surface area contributed by atoms with Crippen molar-refractivity contribution >= 4 is 15.9 Å². The lowest BCUT2D eigenvalue weighted by Gasteiger charge is -2.15. The number of aliphatic hydroxyl groups excluding tert-OH is 1. The summed E-state index contributed by atoms with van der Waals surface area (Å²) in [6.45, 7) is 1.60. The summed E-state index contributed by atoms with van der Waals surface area (Å²) in [6.07, 6.45) is -0.641. The third kappa shape index (κ3) is 2.49. The molecule has 0 spiro atoms. The molecule has 0 bridgehead atoms. The summed E-state index contributed by atoms with van der Waals surface area (Å²) in [5.74, 6) is -0.332. The molecule has 0 aliphatic heterocycles. The molecule has 2 atom stereocenters. The number of nitrogens with two attached hydrogens (primary N) is 1. The number of rotatable bonds is 2.